The van der Waals surface area contributed by atoms with Crippen LogP contribution in [0.5, 0.6) is 5.75 Å². The predicted octanol–water partition coefficient (Wildman–Crippen LogP) is 4.37. The normalized spacial score (nSPS) is 13.1. The third kappa shape index (κ3) is 5.41. The van der Waals surface area contributed by atoms with Crippen LogP contribution in [0, 0.1) is 0 Å². The van der Waals surface area contributed by atoms with Gasteiger partial charge >= 0.3 is 0 Å². The molecule has 0 unspecified atom stereocenters. The minimum absolute atomic E-state index is 0.152. The zero-order chi connectivity index (χ0) is 22.3. The summed E-state index contributed by atoms with van der Waals surface area (Å²) in [6, 6.07) is 26.5. The van der Waals surface area contributed by atoms with Gasteiger partial charge < -0.3 is 9.84 Å². The van der Waals surface area contributed by atoms with Crippen LogP contribution in [0.15, 0.2) is 91.5 Å². The van der Waals surface area contributed by atoms with E-state index >= 15 is 0 Å². The van der Waals surface area contributed by atoms with E-state index in [0.717, 1.165) is 17.0 Å². The standard InChI is InChI=1S/C26H28N4O2/c1-20(21-8-12-24(13-9-21)30-19-27-18-28-30)29(2)16-25(31)17-32-26-14-10-23(11-15-26)22-6-4-3-5-7-22/h3-15,18-20,25,31H,16-17H2,1-2H3/t20-,25+/m0/s1. The largest absolute Gasteiger partial charge is 0.491 e. The highest BCUT2D eigenvalue weighted by atomic mass is 16.5. The summed E-state index contributed by atoms with van der Waals surface area (Å²) >= 11 is 0. The highest BCUT2D eigenvalue weighted by molar-refractivity contribution is 5.63. The minimum atomic E-state index is -0.592. The smallest absolute Gasteiger partial charge is 0.138 e. The fourth-order valence-corrected chi connectivity index (χ4v) is 3.61. The first-order valence-electron chi connectivity index (χ1n) is 10.7. The molecule has 0 aliphatic carbocycles. The van der Waals surface area contributed by atoms with E-state index < -0.39 is 6.10 Å². The first-order valence-corrected chi connectivity index (χ1v) is 10.7. The monoisotopic (exact) mass is 428 g/mol. The van der Waals surface area contributed by atoms with E-state index in [1.165, 1.54) is 17.5 Å². The maximum atomic E-state index is 10.5. The molecule has 0 bridgehead atoms. The molecule has 0 aliphatic heterocycles. The molecule has 0 fully saturated rings. The molecule has 6 heteroatoms. The van der Waals surface area contributed by atoms with Crippen molar-refractivity contribution >= 4 is 0 Å². The van der Waals surface area contributed by atoms with Crippen molar-refractivity contribution in [1.82, 2.24) is 19.7 Å². The van der Waals surface area contributed by atoms with E-state index in [1.54, 1.807) is 11.0 Å². The van der Waals surface area contributed by atoms with Gasteiger partial charge in [0.2, 0.25) is 0 Å². The van der Waals surface area contributed by atoms with Gasteiger partial charge in [0.25, 0.3) is 0 Å². The van der Waals surface area contributed by atoms with Gasteiger partial charge in [-0.05, 0) is 54.9 Å². The molecule has 4 aromatic rings. The summed E-state index contributed by atoms with van der Waals surface area (Å²) in [5.41, 5.74) is 4.44. The number of nitrogens with zero attached hydrogens (tertiary/aromatic N) is 4. The zero-order valence-corrected chi connectivity index (χ0v) is 18.4. The van der Waals surface area contributed by atoms with E-state index in [1.807, 2.05) is 61.6 Å². The van der Waals surface area contributed by atoms with Crippen molar-refractivity contribution in [2.75, 3.05) is 20.2 Å². The topological polar surface area (TPSA) is 63.4 Å². The lowest BCUT2D eigenvalue weighted by Crippen LogP contribution is -2.34. The van der Waals surface area contributed by atoms with E-state index in [4.69, 9.17) is 4.74 Å². The Bertz CT molecular complexity index is 1080. The Kier molecular flexibility index (Phi) is 6.94. The molecule has 0 saturated carbocycles. The molecule has 32 heavy (non-hydrogen) atoms. The molecule has 1 aromatic heterocycles. The lowest BCUT2D eigenvalue weighted by atomic mass is 10.1. The van der Waals surface area contributed by atoms with Crippen LogP contribution in [-0.4, -0.2) is 51.1 Å². The molecule has 4 rings (SSSR count). The molecule has 1 N–H and O–H groups in total. The number of benzene rings is 3. The Hall–Kier alpha value is -3.48. The average molecular weight is 429 g/mol. The lowest BCUT2D eigenvalue weighted by molar-refractivity contribution is 0.0654. The van der Waals surface area contributed by atoms with Gasteiger partial charge in [-0.2, -0.15) is 5.10 Å². The average Bonchev–Trinajstić information content (AvgIpc) is 3.38. The molecule has 3 aromatic carbocycles. The lowest BCUT2D eigenvalue weighted by Gasteiger charge is -2.27. The fourth-order valence-electron chi connectivity index (χ4n) is 3.61. The van der Waals surface area contributed by atoms with Crippen molar-refractivity contribution in [3.05, 3.63) is 97.1 Å². The van der Waals surface area contributed by atoms with Crippen LogP contribution < -0.4 is 4.74 Å². The molecule has 1 heterocycles. The number of likely N-dealkylation sites (N-methyl/N-ethyl adjacent to an activating group) is 1. The molecule has 164 valence electrons. The highest BCUT2D eigenvalue weighted by Gasteiger charge is 2.16. The van der Waals surface area contributed by atoms with Crippen LogP contribution in [0.4, 0.5) is 0 Å². The van der Waals surface area contributed by atoms with Gasteiger partial charge in [-0.25, -0.2) is 9.67 Å². The molecular weight excluding hydrogens is 400 g/mol. The number of aromatic nitrogens is 3. The quantitative estimate of drug-likeness (QED) is 0.429. The minimum Gasteiger partial charge on any atom is -0.491 e. The highest BCUT2D eigenvalue weighted by Crippen LogP contribution is 2.23. The van der Waals surface area contributed by atoms with Gasteiger partial charge in [0.15, 0.2) is 0 Å². The zero-order valence-electron chi connectivity index (χ0n) is 18.4. The van der Waals surface area contributed by atoms with Crippen LogP contribution in [-0.2, 0) is 0 Å². The van der Waals surface area contributed by atoms with E-state index in [9.17, 15) is 5.11 Å². The van der Waals surface area contributed by atoms with Gasteiger partial charge in [-0.15, -0.1) is 0 Å². The molecule has 0 aliphatic rings. The molecule has 0 radical (unpaired) electrons. The van der Waals surface area contributed by atoms with Crippen LogP contribution in [0.1, 0.15) is 18.5 Å². The first kappa shape index (κ1) is 21.7. The molecule has 6 nitrogen and oxygen atoms in total. The number of rotatable bonds is 9. The van der Waals surface area contributed by atoms with Crippen molar-refractivity contribution < 1.29 is 9.84 Å². The van der Waals surface area contributed by atoms with E-state index in [0.29, 0.717) is 6.54 Å². The van der Waals surface area contributed by atoms with Crippen LogP contribution in [0.25, 0.3) is 16.8 Å². The molecular formula is C26H28N4O2. The van der Waals surface area contributed by atoms with Crippen LogP contribution >= 0.6 is 0 Å². The van der Waals surface area contributed by atoms with E-state index in [-0.39, 0.29) is 12.6 Å². The van der Waals surface area contributed by atoms with Gasteiger partial charge in [-0.1, -0.05) is 54.6 Å². The summed E-state index contributed by atoms with van der Waals surface area (Å²) < 4.78 is 7.54. The Labute approximate surface area is 188 Å². The van der Waals surface area contributed by atoms with E-state index in [2.05, 4.69) is 46.2 Å². The third-order valence-electron chi connectivity index (χ3n) is 5.62. The maximum Gasteiger partial charge on any atom is 0.138 e. The summed E-state index contributed by atoms with van der Waals surface area (Å²) in [5, 5.41) is 14.6. The second-order valence-electron chi connectivity index (χ2n) is 7.90. The van der Waals surface area contributed by atoms with Gasteiger partial charge in [0, 0.05) is 12.6 Å². The summed E-state index contributed by atoms with van der Waals surface area (Å²) in [6.07, 6.45) is 2.60. The summed E-state index contributed by atoms with van der Waals surface area (Å²) in [4.78, 5) is 6.10. The number of aliphatic hydroxyl groups excluding tert-OH is 1. The first-order chi connectivity index (χ1) is 15.6. The summed E-state index contributed by atoms with van der Waals surface area (Å²) in [7, 11) is 2.01. The molecule has 0 amide bonds. The van der Waals surface area contributed by atoms with Crippen molar-refractivity contribution in [3.63, 3.8) is 0 Å². The van der Waals surface area contributed by atoms with Crippen LogP contribution in [0.2, 0.25) is 0 Å². The van der Waals surface area contributed by atoms with Crippen molar-refractivity contribution in [1.29, 1.82) is 0 Å². The molecule has 2 atom stereocenters. The number of hydrogen-bond donors (Lipinski definition) is 1. The van der Waals surface area contributed by atoms with Crippen molar-refractivity contribution in [2.45, 2.75) is 19.1 Å². The number of ether oxygens (including phenoxy) is 1. The third-order valence-corrected chi connectivity index (χ3v) is 5.62. The van der Waals surface area contributed by atoms with Crippen molar-refractivity contribution in [3.8, 4) is 22.6 Å². The van der Waals surface area contributed by atoms with Gasteiger partial charge in [0.05, 0.1) is 5.69 Å². The number of hydrogen-bond acceptors (Lipinski definition) is 5. The Morgan fingerprint density at radius 3 is 2.28 bits per heavy atom. The van der Waals surface area contributed by atoms with Gasteiger partial charge in [0.1, 0.15) is 31.1 Å². The Morgan fingerprint density at radius 2 is 1.62 bits per heavy atom. The molecule has 0 saturated heterocycles. The van der Waals surface area contributed by atoms with Gasteiger partial charge in [-0.3, -0.25) is 4.90 Å². The number of aliphatic hydroxyl groups is 1. The summed E-state index contributed by atoms with van der Waals surface area (Å²) in [5.74, 6) is 0.753. The second kappa shape index (κ2) is 10.2. The second-order valence-corrected chi connectivity index (χ2v) is 7.90. The summed E-state index contributed by atoms with van der Waals surface area (Å²) in [6.45, 7) is 2.88. The predicted molar refractivity (Wildman–Crippen MR) is 126 cm³/mol. The van der Waals surface area contributed by atoms with Crippen molar-refractivity contribution in [2.24, 2.45) is 0 Å². The maximum absolute atomic E-state index is 10.5. The Morgan fingerprint density at radius 1 is 0.938 bits per heavy atom. The Balaban J connectivity index is 1.27. The molecule has 0 spiro atoms. The fraction of sp³-hybridized carbons (Fsp3) is 0.231. The SMILES string of the molecule is C[C@@H](c1ccc(-n2cncn2)cc1)N(C)C[C@@H](O)COc1ccc(-c2ccccc2)cc1. The van der Waals surface area contributed by atoms with Crippen LogP contribution in [0.3, 0.4) is 0 Å².